The van der Waals surface area contributed by atoms with Crippen LogP contribution in [0.3, 0.4) is 0 Å². The molecule has 2 aromatic carbocycles. The summed E-state index contributed by atoms with van der Waals surface area (Å²) in [7, 11) is 0. The number of halogens is 1. The summed E-state index contributed by atoms with van der Waals surface area (Å²) in [5.74, 6) is 3.28. The number of unbranched alkanes of at least 4 members (excludes halogenated alkanes) is 3. The zero-order valence-electron chi connectivity index (χ0n) is 19.6. The molecule has 2 unspecified atom stereocenters. The fraction of sp³-hybridized carbons (Fsp3) is 0.600. The minimum Gasteiger partial charge on any atom is -0.206 e. The molecule has 4 rings (SSSR count). The Labute approximate surface area is 189 Å². The van der Waals surface area contributed by atoms with Crippen molar-refractivity contribution in [3.63, 3.8) is 0 Å². The predicted octanol–water partition coefficient (Wildman–Crippen LogP) is 9.37. The van der Waals surface area contributed by atoms with Crippen LogP contribution in [0.5, 0.6) is 0 Å². The second-order valence-corrected chi connectivity index (χ2v) is 10.4. The van der Waals surface area contributed by atoms with Crippen LogP contribution in [-0.2, 0) is 6.42 Å². The summed E-state index contributed by atoms with van der Waals surface area (Å²) in [6.45, 7) is 6.10. The van der Waals surface area contributed by atoms with Crippen LogP contribution >= 0.6 is 0 Å². The molecule has 0 aromatic heterocycles. The summed E-state index contributed by atoms with van der Waals surface area (Å²) in [6.07, 6.45) is 19.0. The van der Waals surface area contributed by atoms with Gasteiger partial charge >= 0.3 is 0 Å². The predicted molar refractivity (Wildman–Crippen MR) is 132 cm³/mol. The Bertz CT molecular complexity index is 866. The lowest BCUT2D eigenvalue weighted by atomic mass is 9.63. The molecule has 2 fully saturated rings. The molecule has 2 aliphatic carbocycles. The second kappa shape index (κ2) is 10.8. The lowest BCUT2D eigenvalue weighted by Crippen LogP contribution is -2.30. The van der Waals surface area contributed by atoms with E-state index in [0.717, 1.165) is 41.4 Å². The molecule has 0 aliphatic heterocycles. The van der Waals surface area contributed by atoms with Crippen LogP contribution < -0.4 is 0 Å². The Morgan fingerprint density at radius 1 is 0.968 bits per heavy atom. The van der Waals surface area contributed by atoms with Crippen LogP contribution in [0.2, 0.25) is 0 Å². The number of aryl methyl sites for hydroxylation is 1. The van der Waals surface area contributed by atoms with Gasteiger partial charge in [-0.3, -0.25) is 0 Å². The monoisotopic (exact) mass is 420 g/mol. The molecule has 0 nitrogen and oxygen atoms in total. The molecular weight excluding hydrogens is 379 g/mol. The van der Waals surface area contributed by atoms with Gasteiger partial charge in [0.25, 0.3) is 0 Å². The Morgan fingerprint density at radius 3 is 2.65 bits per heavy atom. The van der Waals surface area contributed by atoms with Gasteiger partial charge in [0.15, 0.2) is 0 Å². The van der Waals surface area contributed by atoms with Gasteiger partial charge in [0.2, 0.25) is 0 Å². The number of allylic oxidation sites excluding steroid dienone is 1. The molecule has 0 radical (unpaired) electrons. The van der Waals surface area contributed by atoms with E-state index in [-0.39, 0.29) is 5.82 Å². The van der Waals surface area contributed by atoms with Gasteiger partial charge in [-0.25, -0.2) is 4.39 Å². The fourth-order valence-corrected chi connectivity index (χ4v) is 6.45. The Balaban J connectivity index is 1.38. The molecule has 2 aromatic rings. The topological polar surface area (TPSA) is 0 Å². The van der Waals surface area contributed by atoms with E-state index in [1.165, 1.54) is 81.8 Å². The molecule has 2 aliphatic rings. The molecule has 1 heteroatoms. The normalized spacial score (nSPS) is 26.0. The highest BCUT2D eigenvalue weighted by molar-refractivity contribution is 5.84. The van der Waals surface area contributed by atoms with E-state index < -0.39 is 0 Å². The smallest absolute Gasteiger partial charge is 0.131 e. The summed E-state index contributed by atoms with van der Waals surface area (Å²) >= 11 is 0. The highest BCUT2D eigenvalue weighted by atomic mass is 19.1. The van der Waals surface area contributed by atoms with E-state index in [4.69, 9.17) is 0 Å². The van der Waals surface area contributed by atoms with Crippen LogP contribution in [0.4, 0.5) is 4.39 Å². The molecular formula is C30H41F. The highest BCUT2D eigenvalue weighted by Gasteiger charge is 2.36. The van der Waals surface area contributed by atoms with Gasteiger partial charge in [0.1, 0.15) is 5.82 Å². The third-order valence-corrected chi connectivity index (χ3v) is 8.29. The Morgan fingerprint density at radius 2 is 1.81 bits per heavy atom. The van der Waals surface area contributed by atoms with Crippen LogP contribution in [0.15, 0.2) is 43.0 Å². The molecule has 4 atom stereocenters. The van der Waals surface area contributed by atoms with Crippen molar-refractivity contribution in [1.82, 2.24) is 0 Å². The Kier molecular flexibility index (Phi) is 7.86. The average Bonchev–Trinajstić information content (AvgIpc) is 2.80. The maximum Gasteiger partial charge on any atom is 0.131 e. The van der Waals surface area contributed by atoms with Crippen molar-refractivity contribution in [2.24, 2.45) is 17.8 Å². The fourth-order valence-electron chi connectivity index (χ4n) is 6.45. The molecule has 31 heavy (non-hydrogen) atoms. The van der Waals surface area contributed by atoms with E-state index >= 15 is 4.39 Å². The highest BCUT2D eigenvalue weighted by Crippen LogP contribution is 2.48. The number of rotatable bonds is 9. The van der Waals surface area contributed by atoms with Gasteiger partial charge in [0, 0.05) is 5.39 Å². The first-order valence-electron chi connectivity index (χ1n) is 13.0. The first-order valence-corrected chi connectivity index (χ1v) is 13.0. The van der Waals surface area contributed by atoms with Crippen molar-refractivity contribution in [1.29, 1.82) is 0 Å². The zero-order chi connectivity index (χ0) is 21.6. The molecule has 0 N–H and O–H groups in total. The van der Waals surface area contributed by atoms with Crippen LogP contribution in [0.25, 0.3) is 10.8 Å². The van der Waals surface area contributed by atoms with Crippen molar-refractivity contribution in [3.05, 3.63) is 59.9 Å². The Hall–Kier alpha value is -1.63. The van der Waals surface area contributed by atoms with Gasteiger partial charge in [-0.05, 0) is 97.3 Å². The number of hydrogen-bond acceptors (Lipinski definition) is 0. The largest absolute Gasteiger partial charge is 0.206 e. The van der Waals surface area contributed by atoms with Crippen molar-refractivity contribution in [2.45, 2.75) is 96.3 Å². The van der Waals surface area contributed by atoms with Crippen LogP contribution in [0.1, 0.15) is 101 Å². The van der Waals surface area contributed by atoms with Crippen LogP contribution in [-0.4, -0.2) is 0 Å². The van der Waals surface area contributed by atoms with Gasteiger partial charge in [-0.2, -0.15) is 0 Å². The maximum atomic E-state index is 15.0. The van der Waals surface area contributed by atoms with Gasteiger partial charge in [-0.15, -0.1) is 6.58 Å². The number of fused-ring (bicyclic) bond motifs is 2. The molecule has 0 bridgehead atoms. The van der Waals surface area contributed by atoms with E-state index in [2.05, 4.69) is 31.7 Å². The molecule has 0 saturated heterocycles. The van der Waals surface area contributed by atoms with Gasteiger partial charge in [0.05, 0.1) is 0 Å². The third-order valence-electron chi connectivity index (χ3n) is 8.29. The maximum absolute atomic E-state index is 15.0. The lowest BCUT2D eigenvalue weighted by Gasteiger charge is -2.42. The first-order chi connectivity index (χ1) is 15.2. The summed E-state index contributed by atoms with van der Waals surface area (Å²) in [5.41, 5.74) is 2.44. The molecule has 0 amide bonds. The third kappa shape index (κ3) is 5.60. The summed E-state index contributed by atoms with van der Waals surface area (Å²) in [4.78, 5) is 0. The van der Waals surface area contributed by atoms with Gasteiger partial charge < -0.3 is 0 Å². The summed E-state index contributed by atoms with van der Waals surface area (Å²) < 4.78 is 15.0. The van der Waals surface area contributed by atoms with E-state index in [1.54, 1.807) is 0 Å². The molecule has 2 saturated carbocycles. The SMILES string of the molecule is C=CCCc1ccc2cc([C@@H]3CC[C@@H]4CC(CCCCCC)CCC4C3)cc(F)c2c1. The minimum absolute atomic E-state index is 0.0362. The van der Waals surface area contributed by atoms with Gasteiger partial charge in [-0.1, -0.05) is 69.7 Å². The quantitative estimate of drug-likeness (QED) is 0.280. The van der Waals surface area contributed by atoms with Crippen molar-refractivity contribution in [2.75, 3.05) is 0 Å². The van der Waals surface area contributed by atoms with Crippen molar-refractivity contribution in [3.8, 4) is 0 Å². The first kappa shape index (κ1) is 22.6. The summed E-state index contributed by atoms with van der Waals surface area (Å²) in [6, 6.07) is 10.4. The lowest BCUT2D eigenvalue weighted by molar-refractivity contribution is 0.113. The van der Waals surface area contributed by atoms with Crippen molar-refractivity contribution < 1.29 is 4.39 Å². The van der Waals surface area contributed by atoms with E-state index in [1.807, 2.05) is 18.2 Å². The van der Waals surface area contributed by atoms with Crippen molar-refractivity contribution >= 4 is 10.8 Å². The summed E-state index contributed by atoms with van der Waals surface area (Å²) in [5, 5.41) is 1.85. The number of hydrogen-bond donors (Lipinski definition) is 0. The van der Waals surface area contributed by atoms with E-state index in [0.29, 0.717) is 5.92 Å². The molecule has 0 heterocycles. The van der Waals surface area contributed by atoms with E-state index in [9.17, 15) is 0 Å². The average molecular weight is 421 g/mol. The number of benzene rings is 2. The minimum atomic E-state index is -0.0362. The molecule has 168 valence electrons. The van der Waals surface area contributed by atoms with Crippen LogP contribution in [0, 0.1) is 23.6 Å². The zero-order valence-corrected chi connectivity index (χ0v) is 19.6. The molecule has 0 spiro atoms. The standard InChI is InChI=1S/C30H41F/c1-3-5-7-8-10-22-11-13-25-19-26(16-15-24(25)17-22)28-20-27-14-12-23(9-6-4-2)18-29(27)30(31)21-28/h4,12,14,18,20-22,24-26H,2-3,5-11,13,15-17,19H2,1H3/t22?,24-,25?,26-/m1/s1. The second-order valence-electron chi connectivity index (χ2n) is 10.4.